The molecule has 1 atom stereocenters. The fourth-order valence-corrected chi connectivity index (χ4v) is 7.44. The predicted octanol–water partition coefficient (Wildman–Crippen LogP) is 3.88. The van der Waals surface area contributed by atoms with E-state index in [1.165, 1.54) is 29.7 Å². The number of aliphatic hydroxyl groups is 1. The largest absolute Gasteiger partial charge is 0.375 e. The van der Waals surface area contributed by atoms with E-state index in [-0.39, 0.29) is 5.41 Å². The van der Waals surface area contributed by atoms with Gasteiger partial charge in [0.1, 0.15) is 23.7 Å². The molecule has 1 spiro atoms. The number of aliphatic hydroxyl groups excluding tert-OH is 1. The van der Waals surface area contributed by atoms with Crippen LogP contribution in [0.2, 0.25) is 0 Å². The van der Waals surface area contributed by atoms with Crippen LogP contribution in [0.5, 0.6) is 0 Å². The fourth-order valence-electron chi connectivity index (χ4n) is 7.44. The first-order valence-corrected chi connectivity index (χ1v) is 13.1. The number of nitrogens with zero attached hydrogens (tertiary/aromatic N) is 6. The molecule has 5 aliphatic rings. The quantitative estimate of drug-likeness (QED) is 0.571. The first-order chi connectivity index (χ1) is 17.4. The van der Waals surface area contributed by atoms with Crippen molar-refractivity contribution in [3.63, 3.8) is 0 Å². The van der Waals surface area contributed by atoms with Gasteiger partial charge in [-0.15, -0.1) is 0 Å². The number of aromatic nitrogens is 3. The van der Waals surface area contributed by atoms with Crippen molar-refractivity contribution in [1.29, 1.82) is 5.26 Å². The molecule has 4 heterocycles. The predicted molar refractivity (Wildman–Crippen MR) is 140 cm³/mol. The Kier molecular flexibility index (Phi) is 4.68. The first-order valence-electron chi connectivity index (χ1n) is 13.1. The van der Waals surface area contributed by atoms with E-state index in [1.807, 2.05) is 17.9 Å². The van der Waals surface area contributed by atoms with Gasteiger partial charge in [0.05, 0.1) is 11.7 Å². The van der Waals surface area contributed by atoms with E-state index < -0.39 is 6.23 Å². The molecule has 3 aliphatic carbocycles. The van der Waals surface area contributed by atoms with Crippen LogP contribution in [-0.4, -0.2) is 57.2 Å². The summed E-state index contributed by atoms with van der Waals surface area (Å²) < 4.78 is 1.95. The highest BCUT2D eigenvalue weighted by molar-refractivity contribution is 5.99. The highest BCUT2D eigenvalue weighted by Gasteiger charge is 2.50. The molecule has 2 aliphatic heterocycles. The molecule has 1 N–H and O–H groups in total. The standard InChI is InChI=1S/C29H32N6O/c1-4-23(36)35-15-29(16-35)7-8-34(14-29)28-21(12-30)26(25-20-9-18(10-20)11-22(25)32-28)24-17(2)5-6-19-13-31-33(3)27(19)24/h4-6,13,18,20,23,36H,1,7-11,14-16H2,2-3H3. The highest BCUT2D eigenvalue weighted by Crippen LogP contribution is 2.55. The van der Waals surface area contributed by atoms with E-state index >= 15 is 0 Å². The molecular formula is C29H32N6O. The van der Waals surface area contributed by atoms with E-state index in [4.69, 9.17) is 4.98 Å². The summed E-state index contributed by atoms with van der Waals surface area (Å²) in [6.07, 6.45) is 7.41. The summed E-state index contributed by atoms with van der Waals surface area (Å²) in [7, 11) is 2.00. The number of likely N-dealkylation sites (tertiary alicyclic amines) is 1. The van der Waals surface area contributed by atoms with Gasteiger partial charge in [-0.25, -0.2) is 4.98 Å². The molecule has 0 radical (unpaired) electrons. The van der Waals surface area contributed by atoms with Crippen molar-refractivity contribution < 1.29 is 5.11 Å². The molecule has 8 rings (SSSR count). The summed E-state index contributed by atoms with van der Waals surface area (Å²) in [5, 5.41) is 26.5. The van der Waals surface area contributed by atoms with Crippen LogP contribution in [0.15, 0.2) is 31.0 Å². The van der Waals surface area contributed by atoms with Gasteiger partial charge in [0, 0.05) is 60.8 Å². The Morgan fingerprint density at radius 1 is 1.25 bits per heavy atom. The number of hydrogen-bond acceptors (Lipinski definition) is 6. The zero-order chi connectivity index (χ0) is 24.8. The molecule has 1 saturated carbocycles. The highest BCUT2D eigenvalue weighted by atomic mass is 16.3. The van der Waals surface area contributed by atoms with E-state index in [0.717, 1.165) is 78.3 Å². The normalized spacial score (nSPS) is 24.8. The number of anilines is 1. The van der Waals surface area contributed by atoms with Crippen LogP contribution in [0.1, 0.15) is 47.6 Å². The van der Waals surface area contributed by atoms with Crippen LogP contribution < -0.4 is 4.90 Å². The third kappa shape index (κ3) is 2.98. The van der Waals surface area contributed by atoms with E-state index in [0.29, 0.717) is 5.92 Å². The summed E-state index contributed by atoms with van der Waals surface area (Å²) >= 11 is 0. The van der Waals surface area contributed by atoms with Gasteiger partial charge in [-0.1, -0.05) is 18.7 Å². The SMILES string of the molecule is C=CC(O)N1CC2(CCN(c3nc4c(c(-c5c(C)ccc6cnn(C)c56)c3C#N)C3CC(C4)C3)C2)C1. The summed E-state index contributed by atoms with van der Waals surface area (Å²) in [5.41, 5.74) is 7.89. The lowest BCUT2D eigenvalue weighted by atomic mass is 9.62. The average Bonchev–Trinajstić information content (AvgIpc) is 3.45. The Morgan fingerprint density at radius 2 is 2.06 bits per heavy atom. The maximum Gasteiger partial charge on any atom is 0.147 e. The van der Waals surface area contributed by atoms with Crippen molar-refractivity contribution >= 4 is 16.7 Å². The number of nitriles is 1. The topological polar surface area (TPSA) is 81.2 Å². The van der Waals surface area contributed by atoms with Crippen LogP contribution in [0.3, 0.4) is 0 Å². The third-order valence-electron chi connectivity index (χ3n) is 9.29. The van der Waals surface area contributed by atoms with Crippen molar-refractivity contribution in [3.05, 3.63) is 53.4 Å². The summed E-state index contributed by atoms with van der Waals surface area (Å²) in [6.45, 7) is 9.35. The Balaban J connectivity index is 1.39. The van der Waals surface area contributed by atoms with Gasteiger partial charge < -0.3 is 10.0 Å². The second-order valence-corrected chi connectivity index (χ2v) is 11.6. The monoisotopic (exact) mass is 480 g/mol. The summed E-state index contributed by atoms with van der Waals surface area (Å²) in [5.74, 6) is 2.07. The maximum atomic E-state index is 10.7. The summed E-state index contributed by atoms with van der Waals surface area (Å²) in [6, 6.07) is 6.93. The molecule has 1 aromatic carbocycles. The van der Waals surface area contributed by atoms with Crippen LogP contribution >= 0.6 is 0 Å². The lowest BCUT2D eigenvalue weighted by Gasteiger charge is -2.49. The fraction of sp³-hybridized carbons (Fsp3) is 0.483. The van der Waals surface area contributed by atoms with Gasteiger partial charge in [-0.3, -0.25) is 9.58 Å². The van der Waals surface area contributed by atoms with Crippen LogP contribution in [-0.2, 0) is 13.5 Å². The van der Waals surface area contributed by atoms with Crippen molar-refractivity contribution in [2.75, 3.05) is 31.1 Å². The van der Waals surface area contributed by atoms with E-state index in [1.54, 1.807) is 6.08 Å². The lowest BCUT2D eigenvalue weighted by Crippen LogP contribution is -2.60. The van der Waals surface area contributed by atoms with Gasteiger partial charge in [0.25, 0.3) is 0 Å². The molecule has 2 aromatic heterocycles. The maximum absolute atomic E-state index is 10.7. The molecule has 0 amide bonds. The van der Waals surface area contributed by atoms with Gasteiger partial charge >= 0.3 is 0 Å². The zero-order valence-electron chi connectivity index (χ0n) is 21.0. The van der Waals surface area contributed by atoms with Gasteiger partial charge in [0.15, 0.2) is 0 Å². The van der Waals surface area contributed by atoms with Crippen molar-refractivity contribution in [2.45, 2.75) is 44.8 Å². The number of hydrogen-bond donors (Lipinski definition) is 1. The first kappa shape index (κ1) is 22.0. The molecule has 7 heteroatoms. The Bertz CT molecular complexity index is 1450. The molecule has 36 heavy (non-hydrogen) atoms. The Morgan fingerprint density at radius 3 is 2.81 bits per heavy atom. The molecule has 3 aromatic rings. The average molecular weight is 481 g/mol. The number of fused-ring (bicyclic) bond motifs is 1. The van der Waals surface area contributed by atoms with Crippen LogP contribution in [0.4, 0.5) is 5.82 Å². The Hall–Kier alpha value is -3.21. The van der Waals surface area contributed by atoms with Gasteiger partial charge in [-0.05, 0) is 61.6 Å². The number of aryl methyl sites for hydroxylation is 2. The second kappa shape index (κ2) is 7.64. The van der Waals surface area contributed by atoms with Crippen molar-refractivity contribution in [2.24, 2.45) is 18.4 Å². The number of benzene rings is 1. The minimum absolute atomic E-state index is 0.147. The third-order valence-corrected chi connectivity index (χ3v) is 9.29. The Labute approximate surface area is 211 Å². The second-order valence-electron chi connectivity index (χ2n) is 11.6. The van der Waals surface area contributed by atoms with E-state index in [9.17, 15) is 10.4 Å². The summed E-state index contributed by atoms with van der Waals surface area (Å²) in [4.78, 5) is 9.66. The molecule has 2 saturated heterocycles. The number of rotatable bonds is 4. The minimum atomic E-state index is -0.582. The van der Waals surface area contributed by atoms with Crippen molar-refractivity contribution in [1.82, 2.24) is 19.7 Å². The molecule has 3 fully saturated rings. The molecule has 1 unspecified atom stereocenters. The molecule has 2 bridgehead atoms. The van der Waals surface area contributed by atoms with Crippen molar-refractivity contribution in [3.8, 4) is 17.2 Å². The smallest absolute Gasteiger partial charge is 0.147 e. The molecule has 184 valence electrons. The van der Waals surface area contributed by atoms with E-state index in [2.05, 4.69) is 46.6 Å². The van der Waals surface area contributed by atoms with Gasteiger partial charge in [0.2, 0.25) is 0 Å². The molecular weight excluding hydrogens is 448 g/mol. The van der Waals surface area contributed by atoms with Crippen LogP contribution in [0, 0.1) is 29.6 Å². The zero-order valence-corrected chi connectivity index (χ0v) is 21.0. The lowest BCUT2D eigenvalue weighted by molar-refractivity contribution is -0.0786. The number of pyridine rings is 1. The van der Waals surface area contributed by atoms with Crippen LogP contribution in [0.25, 0.3) is 22.0 Å². The van der Waals surface area contributed by atoms with Gasteiger partial charge in [-0.2, -0.15) is 10.4 Å². The molecule has 7 nitrogen and oxygen atoms in total. The minimum Gasteiger partial charge on any atom is -0.375 e.